The predicted molar refractivity (Wildman–Crippen MR) is 89.8 cm³/mol. The number of hydrogen-bond donors (Lipinski definition) is 1. The van der Waals surface area contributed by atoms with Crippen LogP contribution in [0.1, 0.15) is 15.9 Å². The van der Waals surface area contributed by atoms with E-state index in [-0.39, 0.29) is 18.4 Å². The van der Waals surface area contributed by atoms with Crippen molar-refractivity contribution in [2.45, 2.75) is 6.92 Å². The third-order valence-corrected chi connectivity index (χ3v) is 3.38. The van der Waals surface area contributed by atoms with Crippen LogP contribution in [0.4, 0.5) is 5.69 Å². The van der Waals surface area contributed by atoms with Gasteiger partial charge < -0.3 is 15.0 Å². The zero-order valence-corrected chi connectivity index (χ0v) is 13.5. The lowest BCUT2D eigenvalue weighted by Gasteiger charge is -2.17. The summed E-state index contributed by atoms with van der Waals surface area (Å²) >= 11 is 0. The molecule has 0 fully saturated rings. The van der Waals surface area contributed by atoms with E-state index in [1.165, 1.54) is 4.90 Å². The first kappa shape index (κ1) is 16.5. The van der Waals surface area contributed by atoms with E-state index >= 15 is 0 Å². The quantitative estimate of drug-likeness (QED) is 0.923. The zero-order valence-electron chi connectivity index (χ0n) is 13.5. The third-order valence-electron chi connectivity index (χ3n) is 3.38. The smallest absolute Gasteiger partial charge is 0.254 e. The largest absolute Gasteiger partial charge is 0.497 e. The summed E-state index contributed by atoms with van der Waals surface area (Å²) in [6, 6.07) is 14.3. The Balaban J connectivity index is 1.96. The van der Waals surface area contributed by atoms with Gasteiger partial charge in [-0.3, -0.25) is 9.59 Å². The fourth-order valence-electron chi connectivity index (χ4n) is 2.11. The van der Waals surface area contributed by atoms with Crippen molar-refractivity contribution in [1.29, 1.82) is 0 Å². The highest BCUT2D eigenvalue weighted by atomic mass is 16.5. The van der Waals surface area contributed by atoms with Crippen molar-refractivity contribution >= 4 is 17.5 Å². The molecule has 5 heteroatoms. The number of benzene rings is 2. The Labute approximate surface area is 135 Å². The van der Waals surface area contributed by atoms with E-state index in [0.29, 0.717) is 17.0 Å². The molecule has 23 heavy (non-hydrogen) atoms. The first-order valence-corrected chi connectivity index (χ1v) is 7.25. The van der Waals surface area contributed by atoms with Gasteiger partial charge in [-0.25, -0.2) is 0 Å². The summed E-state index contributed by atoms with van der Waals surface area (Å²) in [7, 11) is 3.17. The first-order valence-electron chi connectivity index (χ1n) is 7.25. The number of anilines is 1. The molecule has 0 atom stereocenters. The highest BCUT2D eigenvalue weighted by Crippen LogP contribution is 2.16. The molecular weight excluding hydrogens is 292 g/mol. The van der Waals surface area contributed by atoms with Gasteiger partial charge in [-0.15, -0.1) is 0 Å². The molecule has 1 N–H and O–H groups in total. The second-order valence-electron chi connectivity index (χ2n) is 5.31. The van der Waals surface area contributed by atoms with Crippen LogP contribution in [-0.4, -0.2) is 37.4 Å². The third kappa shape index (κ3) is 4.57. The monoisotopic (exact) mass is 312 g/mol. The molecule has 0 saturated carbocycles. The Kier molecular flexibility index (Phi) is 5.36. The number of carbonyl (C=O) groups excluding carboxylic acids is 2. The number of rotatable bonds is 5. The maximum Gasteiger partial charge on any atom is 0.254 e. The van der Waals surface area contributed by atoms with Crippen LogP contribution >= 0.6 is 0 Å². The van der Waals surface area contributed by atoms with Crippen LogP contribution in [0.25, 0.3) is 0 Å². The van der Waals surface area contributed by atoms with Gasteiger partial charge in [0.2, 0.25) is 5.91 Å². The van der Waals surface area contributed by atoms with Crippen molar-refractivity contribution < 1.29 is 14.3 Å². The summed E-state index contributed by atoms with van der Waals surface area (Å²) in [4.78, 5) is 25.7. The van der Waals surface area contributed by atoms with Crippen molar-refractivity contribution in [3.05, 3.63) is 59.7 Å². The molecule has 0 unspecified atom stereocenters. The number of nitrogens with one attached hydrogen (secondary N) is 1. The van der Waals surface area contributed by atoms with Gasteiger partial charge in [0.25, 0.3) is 5.91 Å². The SMILES string of the molecule is COc1cccc(NC(=O)CN(C)C(=O)c2ccc(C)cc2)c1. The van der Waals surface area contributed by atoms with E-state index in [1.54, 1.807) is 50.6 Å². The lowest BCUT2D eigenvalue weighted by atomic mass is 10.1. The topological polar surface area (TPSA) is 58.6 Å². The van der Waals surface area contributed by atoms with Crippen molar-refractivity contribution in [3.8, 4) is 5.75 Å². The van der Waals surface area contributed by atoms with Crippen LogP contribution in [0.5, 0.6) is 5.75 Å². The summed E-state index contributed by atoms with van der Waals surface area (Å²) < 4.78 is 5.11. The standard InChI is InChI=1S/C18H20N2O3/c1-13-7-9-14(10-8-13)18(22)20(2)12-17(21)19-15-5-4-6-16(11-15)23-3/h4-11H,12H2,1-3H3,(H,19,21). The number of amides is 2. The Bertz CT molecular complexity index is 696. The fraction of sp³-hybridized carbons (Fsp3) is 0.222. The molecule has 0 aliphatic rings. The van der Waals surface area contributed by atoms with Crippen LogP contribution in [0.2, 0.25) is 0 Å². The van der Waals surface area contributed by atoms with E-state index in [1.807, 2.05) is 19.1 Å². The highest BCUT2D eigenvalue weighted by Gasteiger charge is 2.15. The van der Waals surface area contributed by atoms with E-state index in [4.69, 9.17) is 4.74 Å². The van der Waals surface area contributed by atoms with Gasteiger partial charge >= 0.3 is 0 Å². The minimum atomic E-state index is -0.263. The number of ether oxygens (including phenoxy) is 1. The number of carbonyl (C=O) groups is 2. The molecule has 120 valence electrons. The van der Waals surface area contributed by atoms with E-state index in [2.05, 4.69) is 5.32 Å². The molecular formula is C18H20N2O3. The molecule has 0 heterocycles. The zero-order chi connectivity index (χ0) is 16.8. The number of aryl methyl sites for hydroxylation is 1. The molecule has 2 aromatic rings. The summed E-state index contributed by atoms with van der Waals surface area (Å²) in [6.07, 6.45) is 0. The van der Waals surface area contributed by atoms with Gasteiger partial charge in [0.1, 0.15) is 5.75 Å². The molecule has 0 bridgehead atoms. The van der Waals surface area contributed by atoms with Gasteiger partial charge in [0, 0.05) is 24.4 Å². The van der Waals surface area contributed by atoms with Crippen LogP contribution in [0, 0.1) is 6.92 Å². The van der Waals surface area contributed by atoms with Crippen molar-refractivity contribution in [1.82, 2.24) is 4.90 Å². The summed E-state index contributed by atoms with van der Waals surface area (Å²) in [5.74, 6) is 0.207. The van der Waals surface area contributed by atoms with E-state index in [0.717, 1.165) is 5.56 Å². The van der Waals surface area contributed by atoms with Crippen molar-refractivity contribution in [3.63, 3.8) is 0 Å². The molecule has 0 aromatic heterocycles. The number of hydrogen-bond acceptors (Lipinski definition) is 3. The van der Waals surface area contributed by atoms with Crippen LogP contribution < -0.4 is 10.1 Å². The number of likely N-dealkylation sites (N-methyl/N-ethyl adjacent to an activating group) is 1. The second kappa shape index (κ2) is 7.45. The average molecular weight is 312 g/mol. The molecule has 0 aliphatic carbocycles. The Morgan fingerprint density at radius 3 is 2.48 bits per heavy atom. The number of nitrogens with zero attached hydrogens (tertiary/aromatic N) is 1. The Morgan fingerprint density at radius 1 is 1.13 bits per heavy atom. The predicted octanol–water partition coefficient (Wildman–Crippen LogP) is 2.71. The van der Waals surface area contributed by atoms with Crippen molar-refractivity contribution in [2.24, 2.45) is 0 Å². The van der Waals surface area contributed by atoms with Crippen LogP contribution in [0.15, 0.2) is 48.5 Å². The van der Waals surface area contributed by atoms with Gasteiger partial charge in [-0.2, -0.15) is 0 Å². The molecule has 0 aliphatic heterocycles. The minimum Gasteiger partial charge on any atom is -0.497 e. The highest BCUT2D eigenvalue weighted by molar-refractivity contribution is 5.99. The summed E-state index contributed by atoms with van der Waals surface area (Å²) in [5, 5.41) is 2.75. The second-order valence-corrected chi connectivity index (χ2v) is 5.31. The van der Waals surface area contributed by atoms with Gasteiger partial charge in [-0.1, -0.05) is 23.8 Å². The van der Waals surface area contributed by atoms with Crippen molar-refractivity contribution in [2.75, 3.05) is 26.0 Å². The normalized spacial score (nSPS) is 10.0. The van der Waals surface area contributed by atoms with Gasteiger partial charge in [0.15, 0.2) is 0 Å². The maximum absolute atomic E-state index is 12.3. The van der Waals surface area contributed by atoms with Crippen LogP contribution in [0.3, 0.4) is 0 Å². The fourth-order valence-corrected chi connectivity index (χ4v) is 2.11. The molecule has 2 rings (SSSR count). The molecule has 0 radical (unpaired) electrons. The van der Waals surface area contributed by atoms with Gasteiger partial charge in [-0.05, 0) is 31.2 Å². The molecule has 2 aromatic carbocycles. The molecule has 0 saturated heterocycles. The lowest BCUT2D eigenvalue weighted by molar-refractivity contribution is -0.116. The molecule has 0 spiro atoms. The van der Waals surface area contributed by atoms with E-state index < -0.39 is 0 Å². The first-order chi connectivity index (χ1) is 11.0. The van der Waals surface area contributed by atoms with Crippen LogP contribution in [-0.2, 0) is 4.79 Å². The average Bonchev–Trinajstić information content (AvgIpc) is 2.54. The maximum atomic E-state index is 12.3. The summed E-state index contributed by atoms with van der Waals surface area (Å²) in [5.41, 5.74) is 2.28. The lowest BCUT2D eigenvalue weighted by Crippen LogP contribution is -2.34. The molecule has 5 nitrogen and oxygen atoms in total. The molecule has 2 amide bonds. The van der Waals surface area contributed by atoms with Gasteiger partial charge in [0.05, 0.1) is 13.7 Å². The Morgan fingerprint density at radius 2 is 1.83 bits per heavy atom. The van der Waals surface area contributed by atoms with E-state index in [9.17, 15) is 9.59 Å². The Hall–Kier alpha value is -2.82. The number of methoxy groups -OCH3 is 1. The summed E-state index contributed by atoms with van der Waals surface area (Å²) in [6.45, 7) is 1.93. The minimum absolute atomic E-state index is 0.0239.